The number of carbonyl (C=O) groups excluding carboxylic acids is 3. The first-order chi connectivity index (χ1) is 12.8. The molecule has 2 atom stereocenters. The summed E-state index contributed by atoms with van der Waals surface area (Å²) in [6, 6.07) is -0.122. The third kappa shape index (κ3) is 5.31. The Bertz CT molecular complexity index is 642. The Hall–Kier alpha value is -1.49. The summed E-state index contributed by atoms with van der Waals surface area (Å²) in [4.78, 5) is 38.8. The van der Waals surface area contributed by atoms with Crippen molar-refractivity contribution in [3.8, 4) is 0 Å². The topological polar surface area (TPSA) is 63.2 Å². The first-order valence-electron chi connectivity index (χ1n) is 10.7. The van der Waals surface area contributed by atoms with Crippen molar-refractivity contribution < 1.29 is 18.9 Å². The lowest BCUT2D eigenvalue weighted by atomic mass is 9.86. The molecule has 0 bridgehead atoms. The molecule has 1 aliphatic rings. The van der Waals surface area contributed by atoms with Gasteiger partial charge in [-0.2, -0.15) is 4.48 Å². The predicted octanol–water partition coefficient (Wildman–Crippen LogP) is 4.22. The predicted molar refractivity (Wildman–Crippen MR) is 113 cm³/mol. The summed E-state index contributed by atoms with van der Waals surface area (Å²) < 4.78 is -0.128. The van der Waals surface area contributed by atoms with Crippen molar-refractivity contribution in [3.05, 3.63) is 11.1 Å². The molecule has 1 fully saturated rings. The number of amides is 3. The van der Waals surface area contributed by atoms with E-state index in [4.69, 9.17) is 0 Å². The molecule has 0 saturated carbocycles. The van der Waals surface area contributed by atoms with Crippen molar-refractivity contribution in [2.45, 2.75) is 87.6 Å². The highest BCUT2D eigenvalue weighted by molar-refractivity contribution is 5.94. The summed E-state index contributed by atoms with van der Waals surface area (Å²) in [6.45, 7) is 19.0. The number of carbonyl (C=O) groups is 3. The molecule has 0 aliphatic carbocycles. The van der Waals surface area contributed by atoms with Crippen molar-refractivity contribution in [2.24, 2.45) is 17.3 Å². The maximum atomic E-state index is 13.3. The second-order valence-electron chi connectivity index (χ2n) is 9.98. The number of likely N-dealkylation sites (tertiary alicyclic amines) is 1. The standard InChI is InChI=1S/C23H40N2O3/c1-10-18(15(2)3)13-24-20(26)12-23(8,9)14-25(17(6)7)21(27)11-19(16(4)5)22(25)28/h16-17,19H,10-14H2,1-9H3/p+1. The van der Waals surface area contributed by atoms with Crippen LogP contribution in [0, 0.1) is 17.3 Å². The van der Waals surface area contributed by atoms with Gasteiger partial charge in [0.05, 0.1) is 24.9 Å². The minimum atomic E-state index is -0.455. The third-order valence-corrected chi connectivity index (χ3v) is 6.19. The average molecular weight is 394 g/mol. The Morgan fingerprint density at radius 1 is 1.18 bits per heavy atom. The molecule has 1 saturated heterocycles. The number of quaternary nitrogens is 1. The molecule has 1 rings (SSSR count). The van der Waals surface area contributed by atoms with Gasteiger partial charge in [0.1, 0.15) is 0 Å². The van der Waals surface area contributed by atoms with Crippen LogP contribution in [0.25, 0.3) is 0 Å². The fraction of sp³-hybridized carbons (Fsp3) is 0.783. The van der Waals surface area contributed by atoms with Crippen LogP contribution in [0.15, 0.2) is 11.1 Å². The first kappa shape index (κ1) is 24.5. The van der Waals surface area contributed by atoms with Crippen LogP contribution in [0.1, 0.15) is 81.6 Å². The van der Waals surface area contributed by atoms with E-state index in [1.54, 1.807) is 0 Å². The number of imide groups is 1. The summed E-state index contributed by atoms with van der Waals surface area (Å²) in [5.74, 6) is -0.0626. The highest BCUT2D eigenvalue weighted by Crippen LogP contribution is 2.39. The van der Waals surface area contributed by atoms with E-state index in [-0.39, 0.29) is 40.1 Å². The fourth-order valence-electron chi connectivity index (χ4n) is 4.36. The zero-order valence-electron chi connectivity index (χ0n) is 19.4. The highest BCUT2D eigenvalue weighted by Gasteiger charge is 2.59. The van der Waals surface area contributed by atoms with Gasteiger partial charge < -0.3 is 5.32 Å². The number of nitrogens with one attached hydrogen (secondary N) is 1. The van der Waals surface area contributed by atoms with Gasteiger partial charge in [-0.05, 0) is 40.0 Å². The largest absolute Gasteiger partial charge is 0.352 e. The van der Waals surface area contributed by atoms with Crippen LogP contribution in [0.5, 0.6) is 0 Å². The van der Waals surface area contributed by atoms with Crippen LogP contribution >= 0.6 is 0 Å². The van der Waals surface area contributed by atoms with E-state index in [0.717, 1.165) is 6.42 Å². The van der Waals surface area contributed by atoms with E-state index < -0.39 is 5.41 Å². The number of hydrogen-bond donors (Lipinski definition) is 1. The van der Waals surface area contributed by atoms with E-state index >= 15 is 0 Å². The molecule has 0 aromatic heterocycles. The molecule has 28 heavy (non-hydrogen) atoms. The van der Waals surface area contributed by atoms with Crippen molar-refractivity contribution in [2.75, 3.05) is 13.1 Å². The van der Waals surface area contributed by atoms with E-state index in [1.165, 1.54) is 11.1 Å². The molecular formula is C23H41N2O3+. The number of hydrogen-bond acceptors (Lipinski definition) is 3. The Morgan fingerprint density at radius 2 is 1.75 bits per heavy atom. The molecule has 160 valence electrons. The van der Waals surface area contributed by atoms with Gasteiger partial charge in [-0.3, -0.25) is 4.79 Å². The van der Waals surface area contributed by atoms with Gasteiger partial charge in [0.25, 0.3) is 0 Å². The van der Waals surface area contributed by atoms with E-state index in [0.29, 0.717) is 25.9 Å². The summed E-state index contributed by atoms with van der Waals surface area (Å²) in [6.07, 6.45) is 1.53. The summed E-state index contributed by atoms with van der Waals surface area (Å²) in [5.41, 5.74) is 2.02. The second kappa shape index (κ2) is 9.34. The van der Waals surface area contributed by atoms with Crippen molar-refractivity contribution in [1.82, 2.24) is 5.32 Å². The molecule has 1 N–H and O–H groups in total. The van der Waals surface area contributed by atoms with Crippen LogP contribution in [0.4, 0.5) is 0 Å². The van der Waals surface area contributed by atoms with Crippen LogP contribution in [0.3, 0.4) is 0 Å². The van der Waals surface area contributed by atoms with Crippen LogP contribution in [0.2, 0.25) is 0 Å². The van der Waals surface area contributed by atoms with Crippen molar-refractivity contribution >= 4 is 17.7 Å². The van der Waals surface area contributed by atoms with Gasteiger partial charge in [-0.15, -0.1) is 0 Å². The Labute approximate surface area is 171 Å². The van der Waals surface area contributed by atoms with E-state index in [2.05, 4.69) is 26.1 Å². The molecule has 1 aliphatic heterocycles. The Morgan fingerprint density at radius 3 is 2.14 bits per heavy atom. The summed E-state index contributed by atoms with van der Waals surface area (Å²) in [7, 11) is 0. The monoisotopic (exact) mass is 393 g/mol. The smallest absolute Gasteiger partial charge is 0.325 e. The minimum Gasteiger partial charge on any atom is -0.352 e. The number of allylic oxidation sites excluding steroid dienone is 1. The van der Waals surface area contributed by atoms with Gasteiger partial charge in [0.15, 0.2) is 0 Å². The van der Waals surface area contributed by atoms with E-state index in [9.17, 15) is 14.4 Å². The molecule has 2 unspecified atom stereocenters. The number of nitrogens with zero attached hydrogens (tertiary/aromatic N) is 1. The zero-order chi connectivity index (χ0) is 21.9. The van der Waals surface area contributed by atoms with Gasteiger partial charge in [-0.25, -0.2) is 9.59 Å². The normalized spacial score (nSPS) is 22.9. The molecule has 5 nitrogen and oxygen atoms in total. The average Bonchev–Trinajstić information content (AvgIpc) is 2.79. The molecule has 0 aromatic rings. The second-order valence-corrected chi connectivity index (χ2v) is 9.98. The maximum absolute atomic E-state index is 13.3. The lowest BCUT2D eigenvalue weighted by molar-refractivity contribution is -0.804. The zero-order valence-corrected chi connectivity index (χ0v) is 19.4. The molecule has 5 heteroatoms. The summed E-state index contributed by atoms with van der Waals surface area (Å²) >= 11 is 0. The quantitative estimate of drug-likeness (QED) is 0.362. The summed E-state index contributed by atoms with van der Waals surface area (Å²) in [5, 5.41) is 3.01. The lowest BCUT2D eigenvalue weighted by Crippen LogP contribution is -2.61. The van der Waals surface area contributed by atoms with Crippen molar-refractivity contribution in [3.63, 3.8) is 0 Å². The molecule has 1 heterocycles. The van der Waals surface area contributed by atoms with Gasteiger partial charge >= 0.3 is 11.8 Å². The minimum absolute atomic E-state index is 0.00462. The Balaban J connectivity index is 2.95. The Kier molecular flexibility index (Phi) is 8.19. The van der Waals surface area contributed by atoms with Crippen LogP contribution in [-0.4, -0.2) is 41.3 Å². The van der Waals surface area contributed by atoms with E-state index in [1.807, 2.05) is 41.5 Å². The fourth-order valence-corrected chi connectivity index (χ4v) is 4.36. The molecule has 0 radical (unpaired) electrons. The van der Waals surface area contributed by atoms with Crippen LogP contribution < -0.4 is 5.32 Å². The van der Waals surface area contributed by atoms with Crippen LogP contribution in [-0.2, 0) is 14.4 Å². The third-order valence-electron chi connectivity index (χ3n) is 6.19. The lowest BCUT2D eigenvalue weighted by Gasteiger charge is -2.39. The SMILES string of the molecule is CCC(CNC(=O)CC(C)(C)C[N+]1(C(C)C)C(=O)CC(C(C)C)C1=O)=C(C)C. The molecule has 3 amide bonds. The molecule has 0 aromatic carbocycles. The van der Waals surface area contributed by atoms with Crippen molar-refractivity contribution in [1.29, 1.82) is 0 Å². The highest BCUT2D eigenvalue weighted by atomic mass is 16.2. The van der Waals surface area contributed by atoms with Gasteiger partial charge in [0.2, 0.25) is 5.91 Å². The molecule has 0 spiro atoms. The maximum Gasteiger partial charge on any atom is 0.325 e. The van der Waals surface area contributed by atoms with Gasteiger partial charge in [0, 0.05) is 18.4 Å². The first-order valence-corrected chi connectivity index (χ1v) is 10.7. The number of rotatable bonds is 9. The molecular weight excluding hydrogens is 352 g/mol. The van der Waals surface area contributed by atoms with Gasteiger partial charge in [-0.1, -0.05) is 45.8 Å².